The van der Waals surface area contributed by atoms with E-state index in [0.717, 1.165) is 53.4 Å². The molecule has 1 aromatic carbocycles. The van der Waals surface area contributed by atoms with Gasteiger partial charge in [-0.3, -0.25) is 9.48 Å². The maximum Gasteiger partial charge on any atom is 0.269 e. The van der Waals surface area contributed by atoms with Gasteiger partial charge >= 0.3 is 0 Å². The summed E-state index contributed by atoms with van der Waals surface area (Å²) in [6.45, 7) is 1.36. The van der Waals surface area contributed by atoms with E-state index in [1.165, 1.54) is 5.56 Å². The summed E-state index contributed by atoms with van der Waals surface area (Å²) in [6, 6.07) is 12.0. The number of para-hydroxylation sites is 1. The van der Waals surface area contributed by atoms with E-state index >= 15 is 0 Å². The minimum atomic E-state index is -0.0138. The molecule has 3 aromatic rings. The fourth-order valence-electron chi connectivity index (χ4n) is 3.63. The van der Waals surface area contributed by atoms with E-state index in [4.69, 9.17) is 5.10 Å². The largest absolute Gasteiger partial charge is 0.349 e. The van der Waals surface area contributed by atoms with Crippen LogP contribution in [0, 0.1) is 0 Å². The van der Waals surface area contributed by atoms with Gasteiger partial charge in [-0.05, 0) is 36.6 Å². The second-order valence-corrected chi connectivity index (χ2v) is 6.37. The highest BCUT2D eigenvalue weighted by molar-refractivity contribution is 5.97. The summed E-state index contributed by atoms with van der Waals surface area (Å²) >= 11 is 0. The standard InChI is InChI=1S/C19H17N5O/c25-19-18-14-7-6-12-11-21-16(22-13-4-2-1-3-5-13)10-15(12)17(14)23-24(18)9-8-20-19/h1-5,10-11H,6-9H2,(H,20,25)(H,21,22). The first-order valence-electron chi connectivity index (χ1n) is 8.49. The molecule has 3 heterocycles. The van der Waals surface area contributed by atoms with Gasteiger partial charge in [-0.15, -0.1) is 0 Å². The number of fused-ring (bicyclic) bond motifs is 5. The van der Waals surface area contributed by atoms with Crippen molar-refractivity contribution < 1.29 is 4.79 Å². The first-order valence-corrected chi connectivity index (χ1v) is 8.49. The number of hydrogen-bond donors (Lipinski definition) is 2. The molecule has 2 aromatic heterocycles. The lowest BCUT2D eigenvalue weighted by Gasteiger charge is -2.18. The highest BCUT2D eigenvalue weighted by Crippen LogP contribution is 2.36. The van der Waals surface area contributed by atoms with E-state index in [-0.39, 0.29) is 5.91 Å². The molecule has 0 atom stereocenters. The predicted molar refractivity (Wildman–Crippen MR) is 94.9 cm³/mol. The average Bonchev–Trinajstić information content (AvgIpc) is 3.03. The topological polar surface area (TPSA) is 71.8 Å². The predicted octanol–water partition coefficient (Wildman–Crippen LogP) is 2.53. The zero-order chi connectivity index (χ0) is 16.8. The molecule has 124 valence electrons. The second-order valence-electron chi connectivity index (χ2n) is 6.37. The lowest BCUT2D eigenvalue weighted by Crippen LogP contribution is -2.36. The van der Waals surface area contributed by atoms with Crippen molar-refractivity contribution in [2.45, 2.75) is 19.4 Å². The number of benzene rings is 1. The number of amides is 1. The number of aryl methyl sites for hydroxylation is 1. The van der Waals surface area contributed by atoms with Crippen molar-refractivity contribution in [3.05, 3.63) is 59.4 Å². The highest BCUT2D eigenvalue weighted by Gasteiger charge is 2.30. The third-order valence-corrected chi connectivity index (χ3v) is 4.81. The summed E-state index contributed by atoms with van der Waals surface area (Å²) in [5.74, 6) is 0.772. The van der Waals surface area contributed by atoms with E-state index in [0.29, 0.717) is 6.54 Å². The molecule has 25 heavy (non-hydrogen) atoms. The Balaban J connectivity index is 1.59. The maximum atomic E-state index is 12.2. The molecule has 0 fully saturated rings. The van der Waals surface area contributed by atoms with Gasteiger partial charge in [0.05, 0.1) is 12.2 Å². The Morgan fingerprint density at radius 1 is 1.16 bits per heavy atom. The molecule has 0 saturated heterocycles. The van der Waals surface area contributed by atoms with E-state index < -0.39 is 0 Å². The summed E-state index contributed by atoms with van der Waals surface area (Å²) in [4.78, 5) is 16.8. The SMILES string of the molecule is O=C1NCCn2nc3c(c21)CCc1cnc(Nc2ccccc2)cc1-3. The van der Waals surface area contributed by atoms with E-state index in [1.54, 1.807) is 0 Å². The Morgan fingerprint density at radius 2 is 2.04 bits per heavy atom. The molecular weight excluding hydrogens is 314 g/mol. The number of rotatable bonds is 2. The van der Waals surface area contributed by atoms with Crippen LogP contribution >= 0.6 is 0 Å². The van der Waals surface area contributed by atoms with Gasteiger partial charge in [0.15, 0.2) is 0 Å². The summed E-state index contributed by atoms with van der Waals surface area (Å²) in [5, 5.41) is 11.0. The van der Waals surface area contributed by atoms with Crippen molar-refractivity contribution in [3.63, 3.8) is 0 Å². The monoisotopic (exact) mass is 331 g/mol. The van der Waals surface area contributed by atoms with Crippen LogP contribution in [0.3, 0.4) is 0 Å². The number of hydrogen-bond acceptors (Lipinski definition) is 4. The molecule has 1 aliphatic carbocycles. The van der Waals surface area contributed by atoms with Crippen LogP contribution in [-0.2, 0) is 19.4 Å². The van der Waals surface area contributed by atoms with Gasteiger partial charge in [0.1, 0.15) is 11.5 Å². The Labute approximate surface area is 144 Å². The van der Waals surface area contributed by atoms with Crippen LogP contribution in [-0.4, -0.2) is 27.2 Å². The summed E-state index contributed by atoms with van der Waals surface area (Å²) in [7, 11) is 0. The third-order valence-electron chi connectivity index (χ3n) is 4.81. The van der Waals surface area contributed by atoms with Crippen molar-refractivity contribution in [3.8, 4) is 11.3 Å². The number of nitrogens with zero attached hydrogens (tertiary/aromatic N) is 3. The van der Waals surface area contributed by atoms with Gasteiger partial charge < -0.3 is 10.6 Å². The number of nitrogens with one attached hydrogen (secondary N) is 2. The Hall–Kier alpha value is -3.15. The van der Waals surface area contributed by atoms with Crippen LogP contribution in [0.1, 0.15) is 21.6 Å². The number of pyridine rings is 1. The van der Waals surface area contributed by atoms with Crippen LogP contribution in [0.4, 0.5) is 11.5 Å². The van der Waals surface area contributed by atoms with E-state index in [1.807, 2.05) is 47.3 Å². The Morgan fingerprint density at radius 3 is 2.92 bits per heavy atom. The van der Waals surface area contributed by atoms with Gasteiger partial charge in [0.2, 0.25) is 0 Å². The Kier molecular flexibility index (Phi) is 3.09. The molecule has 0 bridgehead atoms. The van der Waals surface area contributed by atoms with Crippen molar-refractivity contribution >= 4 is 17.4 Å². The van der Waals surface area contributed by atoms with Crippen molar-refractivity contribution in [1.29, 1.82) is 0 Å². The zero-order valence-electron chi connectivity index (χ0n) is 13.6. The molecule has 5 rings (SSSR count). The molecule has 0 saturated carbocycles. The molecule has 6 nitrogen and oxygen atoms in total. The van der Waals surface area contributed by atoms with Gasteiger partial charge in [-0.1, -0.05) is 18.2 Å². The lowest BCUT2D eigenvalue weighted by atomic mass is 9.90. The molecule has 6 heteroatoms. The zero-order valence-corrected chi connectivity index (χ0v) is 13.6. The molecule has 1 amide bonds. The van der Waals surface area contributed by atoms with Crippen molar-refractivity contribution in [2.24, 2.45) is 0 Å². The molecular formula is C19H17N5O. The number of carbonyl (C=O) groups is 1. The fraction of sp³-hybridized carbons (Fsp3) is 0.211. The summed E-state index contributed by atoms with van der Waals surface area (Å²) < 4.78 is 1.85. The maximum absolute atomic E-state index is 12.2. The molecule has 1 aliphatic heterocycles. The van der Waals surface area contributed by atoms with Gasteiger partial charge in [0, 0.05) is 29.6 Å². The molecule has 0 unspecified atom stereocenters. The number of aromatic nitrogens is 3. The molecule has 2 aliphatic rings. The molecule has 0 spiro atoms. The van der Waals surface area contributed by atoms with Crippen LogP contribution < -0.4 is 10.6 Å². The molecule has 2 N–H and O–H groups in total. The molecule has 0 radical (unpaired) electrons. The lowest BCUT2D eigenvalue weighted by molar-refractivity contribution is 0.0923. The van der Waals surface area contributed by atoms with Crippen LogP contribution in [0.15, 0.2) is 42.6 Å². The van der Waals surface area contributed by atoms with Crippen molar-refractivity contribution in [1.82, 2.24) is 20.1 Å². The number of anilines is 2. The van der Waals surface area contributed by atoms with E-state index in [2.05, 4.69) is 15.6 Å². The Bertz CT molecular complexity index is 977. The number of carbonyl (C=O) groups excluding carboxylic acids is 1. The van der Waals surface area contributed by atoms with Gasteiger partial charge in [-0.25, -0.2) is 4.98 Å². The fourth-order valence-corrected chi connectivity index (χ4v) is 3.63. The summed E-state index contributed by atoms with van der Waals surface area (Å²) in [6.07, 6.45) is 3.63. The van der Waals surface area contributed by atoms with E-state index in [9.17, 15) is 4.79 Å². The first-order chi connectivity index (χ1) is 12.3. The highest BCUT2D eigenvalue weighted by atomic mass is 16.2. The summed E-state index contributed by atoms with van der Waals surface area (Å²) in [5.41, 5.74) is 5.95. The normalized spacial score (nSPS) is 15.0. The van der Waals surface area contributed by atoms with Crippen molar-refractivity contribution in [2.75, 3.05) is 11.9 Å². The average molecular weight is 331 g/mol. The van der Waals surface area contributed by atoms with Gasteiger partial charge in [-0.2, -0.15) is 5.10 Å². The second kappa shape index (κ2) is 5.44. The van der Waals surface area contributed by atoms with Crippen LogP contribution in [0.2, 0.25) is 0 Å². The third kappa shape index (κ3) is 2.29. The minimum Gasteiger partial charge on any atom is -0.349 e. The minimum absolute atomic E-state index is 0.0138. The van der Waals surface area contributed by atoms with Crippen LogP contribution in [0.25, 0.3) is 11.3 Å². The smallest absolute Gasteiger partial charge is 0.269 e. The first kappa shape index (κ1) is 14.2. The van der Waals surface area contributed by atoms with Gasteiger partial charge in [0.25, 0.3) is 5.91 Å². The van der Waals surface area contributed by atoms with Crippen LogP contribution in [0.5, 0.6) is 0 Å². The quantitative estimate of drug-likeness (QED) is 0.757.